The highest BCUT2D eigenvalue weighted by Gasteiger charge is 2.56. The molecule has 1 unspecified atom stereocenters. The summed E-state index contributed by atoms with van der Waals surface area (Å²) in [6, 6.07) is -0.525. The Morgan fingerprint density at radius 3 is 2.75 bits per heavy atom. The van der Waals surface area contributed by atoms with Gasteiger partial charge in [0.05, 0.1) is 0 Å². The Morgan fingerprint density at radius 2 is 2.25 bits per heavy atom. The zero-order chi connectivity index (χ0) is 11.9. The number of hydrogen-bond donors (Lipinski definition) is 3. The van der Waals surface area contributed by atoms with Crippen molar-refractivity contribution in [1.82, 2.24) is 15.6 Å². The molecule has 2 rings (SSSR count). The molecule has 1 aliphatic heterocycles. The van der Waals surface area contributed by atoms with Crippen LogP contribution in [0.5, 0.6) is 0 Å². The molecular weight excluding hydrogens is 212 g/mol. The molecule has 2 aliphatic rings. The van der Waals surface area contributed by atoms with E-state index in [1.807, 2.05) is 5.43 Å². The largest absolute Gasteiger partial charge is 0.325 e. The SMILES string of the molecule is CC1(C2CC2)NC(=O)N(CC(=O)NN)C1=O. The zero-order valence-electron chi connectivity index (χ0n) is 8.95. The molecule has 0 bridgehead atoms. The van der Waals surface area contributed by atoms with Crippen molar-refractivity contribution in [2.75, 3.05) is 6.54 Å². The number of hydrogen-bond acceptors (Lipinski definition) is 4. The second-order valence-electron chi connectivity index (χ2n) is 4.37. The van der Waals surface area contributed by atoms with Crippen LogP contribution in [0.1, 0.15) is 19.8 Å². The molecule has 16 heavy (non-hydrogen) atoms. The number of carbonyl (C=O) groups excluding carboxylic acids is 3. The van der Waals surface area contributed by atoms with Gasteiger partial charge in [-0.1, -0.05) is 0 Å². The van der Waals surface area contributed by atoms with Crippen molar-refractivity contribution in [2.45, 2.75) is 25.3 Å². The first-order chi connectivity index (χ1) is 7.49. The lowest BCUT2D eigenvalue weighted by Crippen LogP contribution is -2.47. The minimum Gasteiger partial charge on any atom is -0.323 e. The van der Waals surface area contributed by atoms with Crippen LogP contribution in [0.15, 0.2) is 0 Å². The summed E-state index contributed by atoms with van der Waals surface area (Å²) in [6.45, 7) is 1.37. The van der Waals surface area contributed by atoms with E-state index >= 15 is 0 Å². The van der Waals surface area contributed by atoms with E-state index in [1.54, 1.807) is 6.92 Å². The number of amides is 4. The van der Waals surface area contributed by atoms with Crippen molar-refractivity contribution in [3.05, 3.63) is 0 Å². The molecule has 0 aromatic heterocycles. The number of urea groups is 1. The molecule has 1 heterocycles. The Morgan fingerprint density at radius 1 is 1.62 bits per heavy atom. The van der Waals surface area contributed by atoms with Gasteiger partial charge in [0.2, 0.25) is 0 Å². The average Bonchev–Trinajstić information content (AvgIpc) is 3.04. The van der Waals surface area contributed by atoms with Crippen molar-refractivity contribution in [3.63, 3.8) is 0 Å². The van der Waals surface area contributed by atoms with Gasteiger partial charge < -0.3 is 5.32 Å². The van der Waals surface area contributed by atoms with Gasteiger partial charge in [-0.25, -0.2) is 10.6 Å². The van der Waals surface area contributed by atoms with E-state index in [-0.39, 0.29) is 18.4 Å². The number of carbonyl (C=O) groups is 3. The minimum absolute atomic E-state index is 0.190. The van der Waals surface area contributed by atoms with E-state index in [1.165, 1.54) is 0 Å². The molecule has 0 aromatic rings. The van der Waals surface area contributed by atoms with Crippen molar-refractivity contribution < 1.29 is 14.4 Å². The van der Waals surface area contributed by atoms with Crippen LogP contribution >= 0.6 is 0 Å². The second kappa shape index (κ2) is 3.44. The highest BCUT2D eigenvalue weighted by atomic mass is 16.2. The lowest BCUT2D eigenvalue weighted by Gasteiger charge is -2.20. The molecule has 4 N–H and O–H groups in total. The van der Waals surface area contributed by atoms with Gasteiger partial charge in [0.15, 0.2) is 0 Å². The van der Waals surface area contributed by atoms with Crippen LogP contribution < -0.4 is 16.6 Å². The van der Waals surface area contributed by atoms with E-state index in [0.29, 0.717) is 0 Å². The minimum atomic E-state index is -0.841. The first-order valence-electron chi connectivity index (χ1n) is 5.12. The van der Waals surface area contributed by atoms with Crippen molar-refractivity contribution in [2.24, 2.45) is 11.8 Å². The number of nitrogens with zero attached hydrogens (tertiary/aromatic N) is 1. The summed E-state index contributed by atoms with van der Waals surface area (Å²) in [5.74, 6) is 4.19. The van der Waals surface area contributed by atoms with Gasteiger partial charge in [-0.2, -0.15) is 0 Å². The predicted molar refractivity (Wildman–Crippen MR) is 53.7 cm³/mol. The Labute approximate surface area is 92.3 Å². The third-order valence-corrected chi connectivity index (χ3v) is 3.16. The van der Waals surface area contributed by atoms with E-state index in [9.17, 15) is 14.4 Å². The average molecular weight is 226 g/mol. The Kier molecular flexibility index (Phi) is 2.34. The fourth-order valence-corrected chi connectivity index (χ4v) is 1.99. The number of rotatable bonds is 3. The van der Waals surface area contributed by atoms with Gasteiger partial charge in [0.1, 0.15) is 12.1 Å². The molecule has 1 atom stereocenters. The summed E-state index contributed by atoms with van der Waals surface area (Å²) in [4.78, 5) is 35.5. The molecule has 2 fully saturated rings. The summed E-state index contributed by atoms with van der Waals surface area (Å²) in [7, 11) is 0. The maximum absolute atomic E-state index is 12.0. The van der Waals surface area contributed by atoms with Gasteiger partial charge in [0.25, 0.3) is 11.8 Å². The zero-order valence-corrected chi connectivity index (χ0v) is 8.95. The summed E-state index contributed by atoms with van der Waals surface area (Å²) in [5, 5.41) is 2.64. The maximum Gasteiger partial charge on any atom is 0.325 e. The fraction of sp³-hybridized carbons (Fsp3) is 0.667. The lowest BCUT2D eigenvalue weighted by molar-refractivity contribution is -0.135. The standard InChI is InChI=1S/C9H14N4O3/c1-9(5-2-3-5)7(15)13(8(16)11-9)4-6(14)12-10/h5H,2-4,10H2,1H3,(H,11,16)(H,12,14). The quantitative estimate of drug-likeness (QED) is 0.241. The summed E-state index contributed by atoms with van der Waals surface area (Å²) in [5.41, 5.74) is 1.05. The van der Waals surface area contributed by atoms with E-state index < -0.39 is 17.5 Å². The monoisotopic (exact) mass is 226 g/mol. The summed E-state index contributed by atoms with van der Waals surface area (Å²) >= 11 is 0. The number of hydrazine groups is 1. The fourth-order valence-electron chi connectivity index (χ4n) is 1.99. The van der Waals surface area contributed by atoms with Gasteiger partial charge >= 0.3 is 6.03 Å². The highest BCUT2D eigenvalue weighted by molar-refractivity contribution is 6.09. The smallest absolute Gasteiger partial charge is 0.323 e. The van der Waals surface area contributed by atoms with Gasteiger partial charge in [0, 0.05) is 0 Å². The third kappa shape index (κ3) is 1.53. The molecule has 4 amide bonds. The van der Waals surface area contributed by atoms with Crippen LogP contribution in [-0.4, -0.2) is 34.8 Å². The molecule has 7 heteroatoms. The molecule has 0 spiro atoms. The molecule has 7 nitrogen and oxygen atoms in total. The summed E-state index contributed by atoms with van der Waals surface area (Å²) < 4.78 is 0. The Balaban J connectivity index is 2.13. The molecule has 88 valence electrons. The Hall–Kier alpha value is -1.63. The normalized spacial score (nSPS) is 29.2. The number of imide groups is 1. The van der Waals surface area contributed by atoms with Crippen LogP contribution in [-0.2, 0) is 9.59 Å². The first kappa shape index (κ1) is 10.9. The van der Waals surface area contributed by atoms with E-state index in [4.69, 9.17) is 5.84 Å². The van der Waals surface area contributed by atoms with Crippen LogP contribution in [0.3, 0.4) is 0 Å². The number of nitrogens with one attached hydrogen (secondary N) is 2. The van der Waals surface area contributed by atoms with Gasteiger partial charge in [-0.05, 0) is 25.7 Å². The molecule has 1 aliphatic carbocycles. The molecule has 0 radical (unpaired) electrons. The predicted octanol–water partition coefficient (Wildman–Crippen LogP) is -1.30. The second-order valence-corrected chi connectivity index (χ2v) is 4.37. The van der Waals surface area contributed by atoms with Gasteiger partial charge in [-0.15, -0.1) is 0 Å². The third-order valence-electron chi connectivity index (χ3n) is 3.16. The lowest BCUT2D eigenvalue weighted by atomic mass is 9.96. The molecule has 0 aromatic carbocycles. The van der Waals surface area contributed by atoms with Crippen LogP contribution in [0.4, 0.5) is 4.79 Å². The molecular formula is C9H14N4O3. The van der Waals surface area contributed by atoms with Crippen LogP contribution in [0.25, 0.3) is 0 Å². The van der Waals surface area contributed by atoms with Crippen molar-refractivity contribution in [3.8, 4) is 0 Å². The molecule has 1 saturated heterocycles. The topological polar surface area (TPSA) is 105 Å². The van der Waals surface area contributed by atoms with Gasteiger partial charge in [-0.3, -0.25) is 19.9 Å². The number of nitrogens with two attached hydrogens (primary N) is 1. The van der Waals surface area contributed by atoms with Crippen molar-refractivity contribution in [1.29, 1.82) is 0 Å². The first-order valence-corrected chi connectivity index (χ1v) is 5.12. The molecule has 1 saturated carbocycles. The van der Waals surface area contributed by atoms with E-state index in [2.05, 4.69) is 5.32 Å². The van der Waals surface area contributed by atoms with Crippen LogP contribution in [0, 0.1) is 5.92 Å². The van der Waals surface area contributed by atoms with E-state index in [0.717, 1.165) is 17.7 Å². The Bertz CT molecular complexity index is 366. The van der Waals surface area contributed by atoms with Crippen LogP contribution in [0.2, 0.25) is 0 Å². The maximum atomic E-state index is 12.0. The van der Waals surface area contributed by atoms with Crippen molar-refractivity contribution >= 4 is 17.8 Å². The highest BCUT2D eigenvalue weighted by Crippen LogP contribution is 2.42. The summed E-state index contributed by atoms with van der Waals surface area (Å²) in [6.07, 6.45) is 1.86.